The molecule has 0 aliphatic heterocycles. The molecule has 3 rings (SSSR count). The lowest BCUT2D eigenvalue weighted by Gasteiger charge is -2.19. The van der Waals surface area contributed by atoms with E-state index in [2.05, 4.69) is 5.32 Å². The molecule has 0 aromatic heterocycles. The lowest BCUT2D eigenvalue weighted by atomic mass is 9.96. The van der Waals surface area contributed by atoms with Gasteiger partial charge < -0.3 is 21.5 Å². The molecule has 0 aliphatic carbocycles. The van der Waals surface area contributed by atoms with E-state index in [1.54, 1.807) is 25.1 Å². The molecule has 3 aromatic carbocycles. The van der Waals surface area contributed by atoms with E-state index < -0.39 is 17.5 Å². The minimum atomic E-state index is -0.858. The normalized spacial score (nSPS) is 10.7. The summed E-state index contributed by atoms with van der Waals surface area (Å²) in [5.41, 5.74) is 13.4. The Morgan fingerprint density at radius 2 is 1.63 bits per heavy atom. The summed E-state index contributed by atoms with van der Waals surface area (Å²) >= 11 is 0. The zero-order valence-electron chi connectivity index (χ0n) is 14.7. The quantitative estimate of drug-likeness (QED) is 0.563. The first kappa shape index (κ1) is 18.4. The topological polar surface area (TPSA) is 73.3 Å². The summed E-state index contributed by atoms with van der Waals surface area (Å²) in [5, 5.41) is 2.84. The summed E-state index contributed by atoms with van der Waals surface area (Å²) in [6, 6.07) is 9.56. The lowest BCUT2D eigenvalue weighted by Crippen LogP contribution is -2.04. The highest BCUT2D eigenvalue weighted by Crippen LogP contribution is 2.41. The highest BCUT2D eigenvalue weighted by atomic mass is 19.1. The SMILES string of the molecule is COc1cc(N)c(-c2c(C)cccc2Nc2c(N)cc(F)cc2F)c(F)c1. The van der Waals surface area contributed by atoms with Crippen molar-refractivity contribution in [2.45, 2.75) is 6.92 Å². The average molecular weight is 373 g/mol. The van der Waals surface area contributed by atoms with Crippen molar-refractivity contribution < 1.29 is 17.9 Å². The summed E-state index contributed by atoms with van der Waals surface area (Å²) in [6.45, 7) is 1.77. The van der Waals surface area contributed by atoms with E-state index in [1.807, 2.05) is 0 Å². The number of ether oxygens (including phenoxy) is 1. The molecule has 0 unspecified atom stereocenters. The number of nitrogen functional groups attached to an aromatic ring is 2. The number of benzene rings is 3. The Labute approximate surface area is 154 Å². The first-order valence-electron chi connectivity index (χ1n) is 8.06. The molecule has 0 radical (unpaired) electrons. The van der Waals surface area contributed by atoms with Crippen LogP contribution in [0.15, 0.2) is 42.5 Å². The summed E-state index contributed by atoms with van der Waals surface area (Å²) < 4.78 is 47.3. The van der Waals surface area contributed by atoms with Gasteiger partial charge in [0.05, 0.1) is 18.5 Å². The molecular weight excluding hydrogens is 355 g/mol. The molecule has 0 heterocycles. The molecule has 0 saturated carbocycles. The largest absolute Gasteiger partial charge is 0.497 e. The Kier molecular flexibility index (Phi) is 4.85. The number of nitrogens with one attached hydrogen (secondary N) is 1. The molecule has 0 spiro atoms. The Bertz CT molecular complexity index is 975. The van der Waals surface area contributed by atoms with Crippen molar-refractivity contribution in [3.05, 3.63) is 65.5 Å². The van der Waals surface area contributed by atoms with Crippen LogP contribution in [0.3, 0.4) is 0 Å². The fourth-order valence-corrected chi connectivity index (χ4v) is 2.95. The van der Waals surface area contributed by atoms with Gasteiger partial charge in [-0.15, -0.1) is 0 Å². The van der Waals surface area contributed by atoms with Crippen LogP contribution in [0.5, 0.6) is 5.75 Å². The Morgan fingerprint density at radius 1 is 0.889 bits per heavy atom. The third-order valence-electron chi connectivity index (χ3n) is 4.20. The van der Waals surface area contributed by atoms with E-state index in [0.29, 0.717) is 16.8 Å². The smallest absolute Gasteiger partial charge is 0.151 e. The average Bonchev–Trinajstić information content (AvgIpc) is 2.59. The molecule has 0 amide bonds. The molecule has 0 atom stereocenters. The number of hydrogen-bond donors (Lipinski definition) is 3. The van der Waals surface area contributed by atoms with Gasteiger partial charge in [0, 0.05) is 40.7 Å². The highest BCUT2D eigenvalue weighted by Gasteiger charge is 2.19. The van der Waals surface area contributed by atoms with Gasteiger partial charge in [0.25, 0.3) is 0 Å². The number of aryl methyl sites for hydroxylation is 1. The minimum Gasteiger partial charge on any atom is -0.497 e. The molecule has 7 heteroatoms. The molecule has 3 aromatic rings. The van der Waals surface area contributed by atoms with Crippen LogP contribution in [-0.2, 0) is 0 Å². The maximum absolute atomic E-state index is 14.8. The highest BCUT2D eigenvalue weighted by molar-refractivity contribution is 5.91. The van der Waals surface area contributed by atoms with Crippen molar-refractivity contribution in [1.82, 2.24) is 0 Å². The molecule has 0 aliphatic rings. The molecular formula is C20H18F3N3O. The van der Waals surface area contributed by atoms with Crippen LogP contribution >= 0.6 is 0 Å². The molecule has 27 heavy (non-hydrogen) atoms. The van der Waals surface area contributed by atoms with Gasteiger partial charge in [-0.1, -0.05) is 12.1 Å². The van der Waals surface area contributed by atoms with E-state index in [-0.39, 0.29) is 28.4 Å². The predicted octanol–water partition coefficient (Wildman–Crippen LogP) is 5.00. The first-order chi connectivity index (χ1) is 12.8. The van der Waals surface area contributed by atoms with Gasteiger partial charge in [-0.25, -0.2) is 13.2 Å². The fourth-order valence-electron chi connectivity index (χ4n) is 2.95. The number of hydrogen-bond acceptors (Lipinski definition) is 4. The van der Waals surface area contributed by atoms with Crippen LogP contribution in [-0.4, -0.2) is 7.11 Å². The first-order valence-corrected chi connectivity index (χ1v) is 8.06. The molecule has 5 N–H and O–H groups in total. The monoisotopic (exact) mass is 373 g/mol. The third-order valence-corrected chi connectivity index (χ3v) is 4.20. The summed E-state index contributed by atoms with van der Waals surface area (Å²) in [5.74, 6) is -1.95. The van der Waals surface area contributed by atoms with E-state index >= 15 is 0 Å². The second kappa shape index (κ2) is 7.11. The van der Waals surface area contributed by atoms with Crippen molar-refractivity contribution in [2.24, 2.45) is 0 Å². The summed E-state index contributed by atoms with van der Waals surface area (Å²) in [7, 11) is 1.41. The van der Waals surface area contributed by atoms with Crippen LogP contribution in [0.4, 0.5) is 35.9 Å². The number of nitrogens with two attached hydrogens (primary N) is 2. The van der Waals surface area contributed by atoms with Gasteiger partial charge >= 0.3 is 0 Å². The Balaban J connectivity index is 2.18. The Hall–Kier alpha value is -3.35. The molecule has 4 nitrogen and oxygen atoms in total. The van der Waals surface area contributed by atoms with Crippen LogP contribution in [0.2, 0.25) is 0 Å². The lowest BCUT2D eigenvalue weighted by molar-refractivity contribution is 0.412. The van der Waals surface area contributed by atoms with Crippen LogP contribution < -0.4 is 21.5 Å². The standard InChI is InChI=1S/C20H18F3N3O/c1-10-4-3-5-17(26-20-14(23)6-11(21)7-16(20)25)18(10)19-13(22)8-12(27-2)9-15(19)24/h3-9,26H,24-25H2,1-2H3. The zero-order chi connectivity index (χ0) is 19.7. The van der Waals surface area contributed by atoms with Crippen molar-refractivity contribution in [3.8, 4) is 16.9 Å². The van der Waals surface area contributed by atoms with Crippen LogP contribution in [0.25, 0.3) is 11.1 Å². The molecule has 140 valence electrons. The van der Waals surface area contributed by atoms with E-state index in [1.165, 1.54) is 19.2 Å². The minimum absolute atomic E-state index is 0.101. The number of anilines is 4. The fraction of sp³-hybridized carbons (Fsp3) is 0.100. The van der Waals surface area contributed by atoms with Crippen molar-refractivity contribution in [2.75, 3.05) is 23.9 Å². The number of methoxy groups -OCH3 is 1. The van der Waals surface area contributed by atoms with E-state index in [9.17, 15) is 13.2 Å². The van der Waals surface area contributed by atoms with Gasteiger partial charge in [-0.2, -0.15) is 0 Å². The number of halogens is 3. The van der Waals surface area contributed by atoms with Gasteiger partial charge in [0.2, 0.25) is 0 Å². The Morgan fingerprint density at radius 3 is 2.26 bits per heavy atom. The van der Waals surface area contributed by atoms with Crippen molar-refractivity contribution in [3.63, 3.8) is 0 Å². The predicted molar refractivity (Wildman–Crippen MR) is 102 cm³/mol. The molecule has 0 saturated heterocycles. The summed E-state index contributed by atoms with van der Waals surface area (Å²) in [4.78, 5) is 0. The van der Waals surface area contributed by atoms with Crippen molar-refractivity contribution in [1.29, 1.82) is 0 Å². The van der Waals surface area contributed by atoms with Gasteiger partial charge in [-0.05, 0) is 24.6 Å². The molecule has 0 bridgehead atoms. The molecule has 0 fully saturated rings. The summed E-state index contributed by atoms with van der Waals surface area (Å²) in [6.07, 6.45) is 0. The maximum atomic E-state index is 14.8. The second-order valence-electron chi connectivity index (χ2n) is 6.05. The van der Waals surface area contributed by atoms with E-state index in [0.717, 1.165) is 12.1 Å². The van der Waals surface area contributed by atoms with Crippen LogP contribution in [0.1, 0.15) is 5.56 Å². The van der Waals surface area contributed by atoms with Gasteiger partial charge in [0.15, 0.2) is 5.82 Å². The number of rotatable bonds is 4. The van der Waals surface area contributed by atoms with E-state index in [4.69, 9.17) is 16.2 Å². The second-order valence-corrected chi connectivity index (χ2v) is 6.05. The van der Waals surface area contributed by atoms with Gasteiger partial charge in [-0.3, -0.25) is 0 Å². The zero-order valence-corrected chi connectivity index (χ0v) is 14.7. The maximum Gasteiger partial charge on any atom is 0.151 e. The van der Waals surface area contributed by atoms with Crippen LogP contribution in [0, 0.1) is 24.4 Å². The third kappa shape index (κ3) is 3.48. The van der Waals surface area contributed by atoms with Gasteiger partial charge in [0.1, 0.15) is 17.4 Å². The van der Waals surface area contributed by atoms with Crippen molar-refractivity contribution >= 4 is 22.7 Å².